The third kappa shape index (κ3) is 2.86. The number of nitrogens with one attached hydrogen (secondary N) is 1. The highest BCUT2D eigenvalue weighted by Crippen LogP contribution is 2.28. The van der Waals surface area contributed by atoms with Crippen LogP contribution in [0.1, 0.15) is 29.5 Å². The summed E-state index contributed by atoms with van der Waals surface area (Å²) in [5.74, 6) is 1.26. The maximum absolute atomic E-state index is 12.4. The van der Waals surface area contributed by atoms with Crippen molar-refractivity contribution in [2.24, 2.45) is 0 Å². The van der Waals surface area contributed by atoms with E-state index in [2.05, 4.69) is 17.2 Å². The number of ketones is 1. The average Bonchev–Trinajstić information content (AvgIpc) is 2.94. The SMILES string of the molecule is CCCc1nccn1CC(=O)c1ccc2c(c1)NC(=O)CO2. The van der Waals surface area contributed by atoms with Gasteiger partial charge in [-0.2, -0.15) is 0 Å². The van der Waals surface area contributed by atoms with Crippen LogP contribution in [0.15, 0.2) is 30.6 Å². The summed E-state index contributed by atoms with van der Waals surface area (Å²) in [5, 5.41) is 2.71. The minimum atomic E-state index is -0.211. The first-order valence-corrected chi connectivity index (χ1v) is 7.27. The molecule has 1 aliphatic heterocycles. The highest BCUT2D eigenvalue weighted by Gasteiger charge is 2.18. The highest BCUT2D eigenvalue weighted by atomic mass is 16.5. The second-order valence-corrected chi connectivity index (χ2v) is 5.19. The van der Waals surface area contributed by atoms with Crippen LogP contribution in [0.3, 0.4) is 0 Å². The molecule has 1 aromatic carbocycles. The van der Waals surface area contributed by atoms with Crippen LogP contribution in [-0.4, -0.2) is 27.8 Å². The fraction of sp³-hybridized carbons (Fsp3) is 0.312. The summed E-state index contributed by atoms with van der Waals surface area (Å²) in [6, 6.07) is 5.09. The van der Waals surface area contributed by atoms with E-state index in [1.165, 1.54) is 0 Å². The molecule has 0 aliphatic carbocycles. The molecule has 22 heavy (non-hydrogen) atoms. The van der Waals surface area contributed by atoms with Crippen LogP contribution in [0.4, 0.5) is 5.69 Å². The molecule has 1 N–H and O–H groups in total. The Kier molecular flexibility index (Phi) is 3.91. The van der Waals surface area contributed by atoms with Crippen molar-refractivity contribution in [2.45, 2.75) is 26.3 Å². The van der Waals surface area contributed by atoms with Gasteiger partial charge in [-0.3, -0.25) is 9.59 Å². The Balaban J connectivity index is 1.79. The summed E-state index contributed by atoms with van der Waals surface area (Å²) in [4.78, 5) is 28.0. The van der Waals surface area contributed by atoms with Gasteiger partial charge in [-0.25, -0.2) is 4.98 Å². The number of amides is 1. The fourth-order valence-electron chi connectivity index (χ4n) is 2.44. The van der Waals surface area contributed by atoms with Crippen LogP contribution in [0.25, 0.3) is 0 Å². The molecule has 0 atom stereocenters. The monoisotopic (exact) mass is 299 g/mol. The molecule has 2 heterocycles. The molecule has 1 aromatic heterocycles. The topological polar surface area (TPSA) is 73.2 Å². The van der Waals surface area contributed by atoms with E-state index in [9.17, 15) is 9.59 Å². The van der Waals surface area contributed by atoms with E-state index >= 15 is 0 Å². The Labute approximate surface area is 128 Å². The number of carbonyl (C=O) groups excluding carboxylic acids is 2. The lowest BCUT2D eigenvalue weighted by molar-refractivity contribution is -0.118. The second-order valence-electron chi connectivity index (χ2n) is 5.19. The summed E-state index contributed by atoms with van der Waals surface area (Å²) in [7, 11) is 0. The summed E-state index contributed by atoms with van der Waals surface area (Å²) in [6.07, 6.45) is 5.34. The van der Waals surface area contributed by atoms with Crippen molar-refractivity contribution in [3.05, 3.63) is 42.0 Å². The molecule has 0 radical (unpaired) electrons. The normalized spacial score (nSPS) is 13.2. The number of Topliss-reactive ketones (excluding diaryl/α,β-unsaturated/α-hetero) is 1. The summed E-state index contributed by atoms with van der Waals surface area (Å²) >= 11 is 0. The number of hydrogen-bond donors (Lipinski definition) is 1. The third-order valence-electron chi connectivity index (χ3n) is 3.52. The average molecular weight is 299 g/mol. The van der Waals surface area contributed by atoms with E-state index < -0.39 is 0 Å². The van der Waals surface area contributed by atoms with Gasteiger partial charge in [-0.15, -0.1) is 0 Å². The number of fused-ring (bicyclic) bond motifs is 1. The quantitative estimate of drug-likeness (QED) is 0.858. The van der Waals surface area contributed by atoms with Crippen LogP contribution in [0.2, 0.25) is 0 Å². The van der Waals surface area contributed by atoms with Gasteiger partial charge in [-0.05, 0) is 24.6 Å². The summed E-state index contributed by atoms with van der Waals surface area (Å²) < 4.78 is 7.15. The summed E-state index contributed by atoms with van der Waals surface area (Å²) in [6.45, 7) is 2.33. The van der Waals surface area contributed by atoms with Gasteiger partial charge in [0, 0.05) is 24.4 Å². The largest absolute Gasteiger partial charge is 0.482 e. The van der Waals surface area contributed by atoms with Crippen LogP contribution >= 0.6 is 0 Å². The van der Waals surface area contributed by atoms with Gasteiger partial charge >= 0.3 is 0 Å². The molecule has 1 aliphatic rings. The van der Waals surface area contributed by atoms with Gasteiger partial charge in [0.25, 0.3) is 5.91 Å². The predicted molar refractivity (Wildman–Crippen MR) is 81.1 cm³/mol. The molecular formula is C16H17N3O3. The maximum atomic E-state index is 12.4. The molecule has 0 saturated heterocycles. The van der Waals surface area contributed by atoms with E-state index in [1.807, 2.05) is 10.8 Å². The lowest BCUT2D eigenvalue weighted by Crippen LogP contribution is -2.25. The minimum absolute atomic E-state index is 0.00963. The predicted octanol–water partition coefficient (Wildman–Crippen LogP) is 2.05. The van der Waals surface area contributed by atoms with Crippen molar-refractivity contribution in [3.8, 4) is 5.75 Å². The number of rotatable bonds is 5. The molecule has 0 fully saturated rings. The fourth-order valence-corrected chi connectivity index (χ4v) is 2.44. The maximum Gasteiger partial charge on any atom is 0.262 e. The molecule has 6 nitrogen and oxygen atoms in total. The van der Waals surface area contributed by atoms with Gasteiger partial charge < -0.3 is 14.6 Å². The van der Waals surface area contributed by atoms with E-state index in [1.54, 1.807) is 24.4 Å². The number of carbonyl (C=O) groups is 2. The van der Waals surface area contributed by atoms with Crippen molar-refractivity contribution in [1.29, 1.82) is 0 Å². The first-order chi connectivity index (χ1) is 10.7. The first kappa shape index (κ1) is 14.3. The van der Waals surface area contributed by atoms with Crippen molar-refractivity contribution < 1.29 is 14.3 Å². The highest BCUT2D eigenvalue weighted by molar-refractivity contribution is 6.00. The lowest BCUT2D eigenvalue weighted by Gasteiger charge is -2.18. The van der Waals surface area contributed by atoms with Crippen molar-refractivity contribution in [1.82, 2.24) is 9.55 Å². The molecule has 0 bridgehead atoms. The van der Waals surface area contributed by atoms with Crippen LogP contribution in [0, 0.1) is 0 Å². The number of aromatic nitrogens is 2. The first-order valence-electron chi connectivity index (χ1n) is 7.27. The number of nitrogens with zero attached hydrogens (tertiary/aromatic N) is 2. The number of hydrogen-bond acceptors (Lipinski definition) is 4. The van der Waals surface area contributed by atoms with Gasteiger partial charge in [0.2, 0.25) is 0 Å². The number of ether oxygens (including phenoxy) is 1. The number of anilines is 1. The Bertz CT molecular complexity index is 721. The van der Waals surface area contributed by atoms with Crippen molar-refractivity contribution in [3.63, 3.8) is 0 Å². The zero-order valence-electron chi connectivity index (χ0n) is 12.3. The van der Waals surface area contributed by atoms with Crippen molar-refractivity contribution in [2.75, 3.05) is 11.9 Å². The Hall–Kier alpha value is -2.63. The Morgan fingerprint density at radius 1 is 1.45 bits per heavy atom. The van der Waals surface area contributed by atoms with E-state index in [4.69, 9.17) is 4.74 Å². The van der Waals surface area contributed by atoms with E-state index in [0.717, 1.165) is 18.7 Å². The van der Waals surface area contributed by atoms with Crippen molar-refractivity contribution >= 4 is 17.4 Å². The molecule has 0 spiro atoms. The molecule has 1 amide bonds. The smallest absolute Gasteiger partial charge is 0.262 e. The second kappa shape index (κ2) is 6.01. The number of aryl methyl sites for hydroxylation is 1. The van der Waals surface area contributed by atoms with E-state index in [-0.39, 0.29) is 24.8 Å². The van der Waals surface area contributed by atoms with Gasteiger partial charge in [0.1, 0.15) is 11.6 Å². The zero-order valence-corrected chi connectivity index (χ0v) is 12.3. The molecule has 3 rings (SSSR count). The lowest BCUT2D eigenvalue weighted by atomic mass is 10.1. The molecule has 0 saturated carbocycles. The number of benzene rings is 1. The molecule has 2 aromatic rings. The van der Waals surface area contributed by atoms with Gasteiger partial charge in [0.05, 0.1) is 12.2 Å². The molecule has 114 valence electrons. The Morgan fingerprint density at radius 2 is 2.32 bits per heavy atom. The zero-order chi connectivity index (χ0) is 15.5. The minimum Gasteiger partial charge on any atom is -0.482 e. The Morgan fingerprint density at radius 3 is 3.14 bits per heavy atom. The third-order valence-corrected chi connectivity index (χ3v) is 3.52. The summed E-state index contributed by atoms with van der Waals surface area (Å²) in [5.41, 5.74) is 1.09. The molecular weight excluding hydrogens is 282 g/mol. The number of imidazole rings is 1. The molecule has 6 heteroatoms. The standard InChI is InChI=1S/C16H17N3O3/c1-2-3-15-17-6-7-19(15)9-13(20)11-4-5-14-12(8-11)18-16(21)10-22-14/h4-8H,2-3,9-10H2,1H3,(H,18,21). The van der Waals surface area contributed by atoms with Crippen LogP contribution in [-0.2, 0) is 17.8 Å². The van der Waals surface area contributed by atoms with Crippen LogP contribution in [0.5, 0.6) is 5.75 Å². The van der Waals surface area contributed by atoms with Gasteiger partial charge in [-0.1, -0.05) is 6.92 Å². The molecule has 0 unspecified atom stereocenters. The van der Waals surface area contributed by atoms with E-state index in [0.29, 0.717) is 17.0 Å². The van der Waals surface area contributed by atoms with Gasteiger partial charge in [0.15, 0.2) is 12.4 Å². The van der Waals surface area contributed by atoms with Crippen LogP contribution < -0.4 is 10.1 Å².